The standard InChI is InChI=1S/C19H21ClN2O3S/c1-2-14-5-3-6-16(13-14)21-19(23)18-7-4-12-22(18)26(24,25)17-10-8-15(20)9-11-17/h3,5-6,8-11,13,18H,2,4,7,12H2,1H3,(H,21,23)/t18-/m0/s1. The lowest BCUT2D eigenvalue weighted by atomic mass is 10.1. The second-order valence-corrected chi connectivity index (χ2v) is 8.60. The first-order chi connectivity index (χ1) is 12.4. The third-order valence-corrected chi connectivity index (χ3v) is 6.70. The van der Waals surface area contributed by atoms with Gasteiger partial charge in [0.15, 0.2) is 0 Å². The van der Waals surface area contributed by atoms with Crippen LogP contribution in [0.1, 0.15) is 25.3 Å². The lowest BCUT2D eigenvalue weighted by molar-refractivity contribution is -0.119. The van der Waals surface area contributed by atoms with E-state index in [1.807, 2.05) is 31.2 Å². The number of hydrogen-bond donors (Lipinski definition) is 1. The lowest BCUT2D eigenvalue weighted by Gasteiger charge is -2.23. The monoisotopic (exact) mass is 392 g/mol. The van der Waals surface area contributed by atoms with Gasteiger partial charge < -0.3 is 5.32 Å². The van der Waals surface area contributed by atoms with Gasteiger partial charge >= 0.3 is 0 Å². The van der Waals surface area contributed by atoms with Crippen LogP contribution >= 0.6 is 11.6 Å². The Morgan fingerprint density at radius 1 is 1.23 bits per heavy atom. The summed E-state index contributed by atoms with van der Waals surface area (Å²) in [4.78, 5) is 12.9. The van der Waals surface area contributed by atoms with E-state index in [0.29, 0.717) is 30.1 Å². The topological polar surface area (TPSA) is 66.5 Å². The van der Waals surface area contributed by atoms with E-state index in [0.717, 1.165) is 12.0 Å². The molecule has 1 atom stereocenters. The molecule has 1 aliphatic rings. The van der Waals surface area contributed by atoms with Gasteiger partial charge in [0.25, 0.3) is 0 Å². The van der Waals surface area contributed by atoms with Crippen molar-refractivity contribution >= 4 is 33.2 Å². The molecule has 7 heteroatoms. The predicted molar refractivity (Wildman–Crippen MR) is 103 cm³/mol. The summed E-state index contributed by atoms with van der Waals surface area (Å²) in [5.41, 5.74) is 1.80. The SMILES string of the molecule is CCc1cccc(NC(=O)[C@@H]2CCCN2S(=O)(=O)c2ccc(Cl)cc2)c1. The van der Waals surface area contributed by atoms with Crippen molar-refractivity contribution in [3.63, 3.8) is 0 Å². The van der Waals surface area contributed by atoms with Crippen LogP contribution < -0.4 is 5.32 Å². The van der Waals surface area contributed by atoms with Crippen LogP contribution in [0, 0.1) is 0 Å². The van der Waals surface area contributed by atoms with Gasteiger partial charge in [0.2, 0.25) is 15.9 Å². The molecule has 0 radical (unpaired) electrons. The van der Waals surface area contributed by atoms with E-state index in [2.05, 4.69) is 5.32 Å². The third kappa shape index (κ3) is 3.92. The Morgan fingerprint density at radius 3 is 2.65 bits per heavy atom. The summed E-state index contributed by atoms with van der Waals surface area (Å²) in [7, 11) is -3.74. The van der Waals surface area contributed by atoms with Gasteiger partial charge in [-0.05, 0) is 61.2 Å². The van der Waals surface area contributed by atoms with Crippen LogP contribution in [0.25, 0.3) is 0 Å². The minimum atomic E-state index is -3.74. The molecule has 1 fully saturated rings. The molecular weight excluding hydrogens is 372 g/mol. The van der Waals surface area contributed by atoms with E-state index in [1.165, 1.54) is 28.6 Å². The van der Waals surface area contributed by atoms with Crippen molar-refractivity contribution in [1.82, 2.24) is 4.31 Å². The first kappa shape index (κ1) is 18.9. The molecule has 26 heavy (non-hydrogen) atoms. The number of anilines is 1. The molecule has 0 bridgehead atoms. The molecule has 2 aromatic rings. The molecular formula is C19H21ClN2O3S. The van der Waals surface area contributed by atoms with Crippen molar-refractivity contribution in [2.75, 3.05) is 11.9 Å². The Kier molecular flexibility index (Phi) is 5.65. The first-order valence-electron chi connectivity index (χ1n) is 8.59. The van der Waals surface area contributed by atoms with Crippen LogP contribution in [0.4, 0.5) is 5.69 Å². The zero-order valence-electron chi connectivity index (χ0n) is 14.5. The minimum absolute atomic E-state index is 0.148. The van der Waals surface area contributed by atoms with E-state index in [9.17, 15) is 13.2 Å². The Morgan fingerprint density at radius 2 is 1.96 bits per heavy atom. The van der Waals surface area contributed by atoms with Gasteiger partial charge in [0.1, 0.15) is 6.04 Å². The van der Waals surface area contributed by atoms with Crippen molar-refractivity contribution in [2.45, 2.75) is 37.1 Å². The number of nitrogens with zero attached hydrogens (tertiary/aromatic N) is 1. The zero-order valence-corrected chi connectivity index (χ0v) is 16.1. The molecule has 2 aromatic carbocycles. The second kappa shape index (κ2) is 7.78. The average Bonchev–Trinajstić information content (AvgIpc) is 3.13. The highest BCUT2D eigenvalue weighted by atomic mass is 35.5. The molecule has 0 aliphatic carbocycles. The number of aryl methyl sites for hydroxylation is 1. The van der Waals surface area contributed by atoms with Gasteiger partial charge in [-0.15, -0.1) is 0 Å². The Balaban J connectivity index is 1.80. The molecule has 0 unspecified atom stereocenters. The third-order valence-electron chi connectivity index (χ3n) is 4.53. The van der Waals surface area contributed by atoms with Crippen molar-refractivity contribution in [1.29, 1.82) is 0 Å². The maximum Gasteiger partial charge on any atom is 0.243 e. The van der Waals surface area contributed by atoms with Crippen LogP contribution in [0.5, 0.6) is 0 Å². The van der Waals surface area contributed by atoms with Gasteiger partial charge in [-0.3, -0.25) is 4.79 Å². The van der Waals surface area contributed by atoms with Crippen LogP contribution in [0.15, 0.2) is 53.4 Å². The second-order valence-electron chi connectivity index (χ2n) is 6.27. The summed E-state index contributed by atoms with van der Waals surface area (Å²) in [6.07, 6.45) is 2.02. The molecule has 0 spiro atoms. The summed E-state index contributed by atoms with van der Waals surface area (Å²) in [6, 6.07) is 12.9. The highest BCUT2D eigenvalue weighted by Crippen LogP contribution is 2.27. The van der Waals surface area contributed by atoms with Gasteiger partial charge in [-0.25, -0.2) is 8.42 Å². The number of rotatable bonds is 5. The van der Waals surface area contributed by atoms with E-state index < -0.39 is 16.1 Å². The summed E-state index contributed by atoms with van der Waals surface area (Å²) in [6.45, 7) is 2.37. The maximum atomic E-state index is 12.9. The highest BCUT2D eigenvalue weighted by Gasteiger charge is 2.39. The van der Waals surface area contributed by atoms with Crippen LogP contribution in [-0.2, 0) is 21.2 Å². The normalized spacial score (nSPS) is 18.0. The smallest absolute Gasteiger partial charge is 0.243 e. The predicted octanol–water partition coefficient (Wildman–Crippen LogP) is 3.69. The molecule has 1 N–H and O–H groups in total. The van der Waals surface area contributed by atoms with Gasteiger partial charge in [0.05, 0.1) is 4.90 Å². The molecule has 1 heterocycles. The summed E-state index contributed by atoms with van der Waals surface area (Å²) in [5.74, 6) is -0.298. The summed E-state index contributed by atoms with van der Waals surface area (Å²) in [5, 5.41) is 3.32. The number of sulfonamides is 1. The molecule has 0 aromatic heterocycles. The molecule has 5 nitrogen and oxygen atoms in total. The average molecular weight is 393 g/mol. The van der Waals surface area contributed by atoms with Gasteiger partial charge in [0, 0.05) is 17.3 Å². The molecule has 1 aliphatic heterocycles. The lowest BCUT2D eigenvalue weighted by Crippen LogP contribution is -2.43. The van der Waals surface area contributed by atoms with Crippen molar-refractivity contribution in [3.05, 3.63) is 59.1 Å². The number of carbonyl (C=O) groups excluding carboxylic acids is 1. The number of carbonyl (C=O) groups is 1. The molecule has 138 valence electrons. The number of amides is 1. The van der Waals surface area contributed by atoms with Crippen LogP contribution in [0.3, 0.4) is 0 Å². The Hall–Kier alpha value is -1.89. The molecule has 1 amide bonds. The van der Waals surface area contributed by atoms with Crippen LogP contribution in [-0.4, -0.2) is 31.2 Å². The minimum Gasteiger partial charge on any atom is -0.325 e. The summed E-state index contributed by atoms with van der Waals surface area (Å²) < 4.78 is 27.1. The molecule has 0 saturated carbocycles. The fraction of sp³-hybridized carbons (Fsp3) is 0.316. The molecule has 3 rings (SSSR count). The van der Waals surface area contributed by atoms with Crippen molar-refractivity contribution in [2.24, 2.45) is 0 Å². The van der Waals surface area contributed by atoms with E-state index in [1.54, 1.807) is 0 Å². The van der Waals surface area contributed by atoms with Crippen LogP contribution in [0.2, 0.25) is 5.02 Å². The summed E-state index contributed by atoms with van der Waals surface area (Å²) >= 11 is 5.84. The van der Waals surface area contributed by atoms with Crippen molar-refractivity contribution in [3.8, 4) is 0 Å². The Labute approximate surface area is 159 Å². The fourth-order valence-corrected chi connectivity index (χ4v) is 4.91. The van der Waals surface area contributed by atoms with Gasteiger partial charge in [-0.1, -0.05) is 30.7 Å². The maximum absolute atomic E-state index is 12.9. The largest absolute Gasteiger partial charge is 0.325 e. The molecule has 1 saturated heterocycles. The zero-order chi connectivity index (χ0) is 18.7. The fourth-order valence-electron chi connectivity index (χ4n) is 3.13. The number of benzene rings is 2. The number of hydrogen-bond acceptors (Lipinski definition) is 3. The van der Waals surface area contributed by atoms with E-state index >= 15 is 0 Å². The quantitative estimate of drug-likeness (QED) is 0.843. The van der Waals surface area contributed by atoms with E-state index in [4.69, 9.17) is 11.6 Å². The Bertz CT molecular complexity index is 897. The number of nitrogens with one attached hydrogen (secondary N) is 1. The van der Waals surface area contributed by atoms with Gasteiger partial charge in [-0.2, -0.15) is 4.31 Å². The number of halogens is 1. The first-order valence-corrected chi connectivity index (χ1v) is 10.4. The van der Waals surface area contributed by atoms with Crippen molar-refractivity contribution < 1.29 is 13.2 Å². The highest BCUT2D eigenvalue weighted by molar-refractivity contribution is 7.89. The van der Waals surface area contributed by atoms with E-state index in [-0.39, 0.29) is 10.8 Å².